The van der Waals surface area contributed by atoms with Crippen LogP contribution in [0.5, 0.6) is 11.5 Å². The van der Waals surface area contributed by atoms with Crippen LogP contribution in [0.15, 0.2) is 41.0 Å². The van der Waals surface area contributed by atoms with Crippen molar-refractivity contribution in [3.8, 4) is 17.2 Å². The fraction of sp³-hybridized carbons (Fsp3) is 0.188. The van der Waals surface area contributed by atoms with Crippen molar-refractivity contribution in [2.45, 2.75) is 6.54 Å². The van der Waals surface area contributed by atoms with Crippen molar-refractivity contribution in [3.05, 3.63) is 48.0 Å². The summed E-state index contributed by atoms with van der Waals surface area (Å²) in [6.45, 7) is 0.223. The van der Waals surface area contributed by atoms with Crippen LogP contribution >= 0.6 is 0 Å². The lowest BCUT2D eigenvalue weighted by atomic mass is 10.2. The van der Waals surface area contributed by atoms with Gasteiger partial charge in [0.15, 0.2) is 11.5 Å². The van der Waals surface area contributed by atoms with E-state index in [1.54, 1.807) is 37.4 Å². The van der Waals surface area contributed by atoms with Gasteiger partial charge in [-0.15, -0.1) is 5.10 Å². The molecule has 0 aliphatic carbocycles. The van der Waals surface area contributed by atoms with Crippen molar-refractivity contribution in [1.29, 1.82) is 0 Å². The summed E-state index contributed by atoms with van der Waals surface area (Å²) >= 11 is 0. The maximum Gasteiger partial charge on any atom is 0.276 e. The Labute approximate surface area is 143 Å². The number of benzene rings is 1. The number of nitrogens with two attached hydrogens (primary N) is 1. The van der Waals surface area contributed by atoms with Crippen molar-refractivity contribution < 1.29 is 18.7 Å². The van der Waals surface area contributed by atoms with E-state index < -0.39 is 5.91 Å². The summed E-state index contributed by atoms with van der Waals surface area (Å²) in [6.07, 6.45) is 1.53. The van der Waals surface area contributed by atoms with Crippen molar-refractivity contribution >= 4 is 11.7 Å². The van der Waals surface area contributed by atoms with Crippen LogP contribution in [0, 0.1) is 0 Å². The van der Waals surface area contributed by atoms with Gasteiger partial charge >= 0.3 is 0 Å². The number of furan rings is 1. The summed E-state index contributed by atoms with van der Waals surface area (Å²) < 4.78 is 17.0. The van der Waals surface area contributed by atoms with Crippen LogP contribution < -0.4 is 20.5 Å². The zero-order valence-electron chi connectivity index (χ0n) is 13.7. The summed E-state index contributed by atoms with van der Waals surface area (Å²) in [7, 11) is 3.07. The van der Waals surface area contributed by atoms with Gasteiger partial charge in [0.1, 0.15) is 22.9 Å². The SMILES string of the molecule is COc1ccc(OC)c(-n2nnc(C(=O)NCc3ccco3)c2N)c1. The normalized spacial score (nSPS) is 10.5. The molecule has 0 radical (unpaired) electrons. The lowest BCUT2D eigenvalue weighted by Crippen LogP contribution is -2.24. The lowest BCUT2D eigenvalue weighted by molar-refractivity contribution is 0.0944. The molecule has 3 N–H and O–H groups in total. The van der Waals surface area contributed by atoms with E-state index in [1.165, 1.54) is 18.1 Å². The highest BCUT2D eigenvalue weighted by atomic mass is 16.5. The standard InChI is InChI=1S/C16H17N5O4/c1-23-10-5-6-13(24-2)12(8-10)21-15(17)14(19-20-21)16(22)18-9-11-4-3-7-25-11/h3-8H,9,17H2,1-2H3,(H,18,22). The molecule has 2 aromatic heterocycles. The Morgan fingerprint density at radius 1 is 1.32 bits per heavy atom. The van der Waals surface area contributed by atoms with Gasteiger partial charge in [-0.1, -0.05) is 5.21 Å². The Bertz CT molecular complexity index is 873. The maximum absolute atomic E-state index is 12.3. The molecule has 3 aromatic rings. The molecule has 9 heteroatoms. The number of carbonyl (C=O) groups excluding carboxylic acids is 1. The highest BCUT2D eigenvalue weighted by Gasteiger charge is 2.20. The summed E-state index contributed by atoms with van der Waals surface area (Å²) in [5.41, 5.74) is 6.58. The molecule has 0 atom stereocenters. The molecule has 0 bridgehead atoms. The van der Waals surface area contributed by atoms with Gasteiger partial charge in [-0.2, -0.15) is 4.68 Å². The molecular formula is C16H17N5O4. The smallest absolute Gasteiger partial charge is 0.276 e. The van der Waals surface area contributed by atoms with E-state index in [2.05, 4.69) is 15.6 Å². The number of carbonyl (C=O) groups is 1. The fourth-order valence-corrected chi connectivity index (χ4v) is 2.26. The first-order valence-electron chi connectivity index (χ1n) is 7.38. The lowest BCUT2D eigenvalue weighted by Gasteiger charge is -2.11. The molecular weight excluding hydrogens is 326 g/mol. The van der Waals surface area contributed by atoms with Crippen molar-refractivity contribution in [2.75, 3.05) is 20.0 Å². The van der Waals surface area contributed by atoms with Gasteiger partial charge in [-0.05, 0) is 24.3 Å². The van der Waals surface area contributed by atoms with Gasteiger partial charge in [0.25, 0.3) is 5.91 Å². The Morgan fingerprint density at radius 2 is 2.16 bits per heavy atom. The van der Waals surface area contributed by atoms with Gasteiger partial charge in [0.2, 0.25) is 0 Å². The molecule has 0 spiro atoms. The van der Waals surface area contributed by atoms with Gasteiger partial charge < -0.3 is 24.9 Å². The van der Waals surface area contributed by atoms with Crippen molar-refractivity contribution in [2.24, 2.45) is 0 Å². The number of hydrogen-bond donors (Lipinski definition) is 2. The van der Waals surface area contributed by atoms with E-state index in [-0.39, 0.29) is 18.1 Å². The average molecular weight is 343 g/mol. The van der Waals surface area contributed by atoms with Crippen LogP contribution in [-0.4, -0.2) is 35.1 Å². The van der Waals surface area contributed by atoms with E-state index in [0.29, 0.717) is 22.9 Å². The minimum absolute atomic E-state index is 0.0106. The maximum atomic E-state index is 12.3. The van der Waals surface area contributed by atoms with Crippen LogP contribution in [0.1, 0.15) is 16.2 Å². The van der Waals surface area contributed by atoms with E-state index in [0.717, 1.165) is 0 Å². The number of anilines is 1. The summed E-state index contributed by atoms with van der Waals surface area (Å²) in [5, 5.41) is 10.5. The summed E-state index contributed by atoms with van der Waals surface area (Å²) in [5.74, 6) is 1.36. The third kappa shape index (κ3) is 3.25. The first-order chi connectivity index (χ1) is 12.1. The first-order valence-corrected chi connectivity index (χ1v) is 7.38. The van der Waals surface area contributed by atoms with E-state index >= 15 is 0 Å². The number of nitrogens with zero attached hydrogens (tertiary/aromatic N) is 3. The molecule has 0 unspecified atom stereocenters. The predicted molar refractivity (Wildman–Crippen MR) is 88.8 cm³/mol. The van der Waals surface area contributed by atoms with Crippen molar-refractivity contribution in [1.82, 2.24) is 20.3 Å². The first kappa shape index (κ1) is 16.4. The number of methoxy groups -OCH3 is 2. The topological polar surface area (TPSA) is 117 Å². The van der Waals surface area contributed by atoms with E-state index in [9.17, 15) is 4.79 Å². The van der Waals surface area contributed by atoms with Gasteiger partial charge in [0.05, 0.1) is 27.0 Å². The highest BCUT2D eigenvalue weighted by Crippen LogP contribution is 2.29. The Hall–Kier alpha value is -3.49. The molecule has 2 heterocycles. The second-order valence-electron chi connectivity index (χ2n) is 5.03. The zero-order chi connectivity index (χ0) is 17.8. The molecule has 1 aromatic carbocycles. The van der Waals surface area contributed by atoms with Crippen LogP contribution in [0.2, 0.25) is 0 Å². The number of nitrogens with one attached hydrogen (secondary N) is 1. The monoisotopic (exact) mass is 343 g/mol. The molecule has 130 valence electrons. The number of rotatable bonds is 6. The predicted octanol–water partition coefficient (Wildman–Crippen LogP) is 1.39. The third-order valence-corrected chi connectivity index (χ3v) is 3.54. The molecule has 3 rings (SSSR count). The Kier molecular flexibility index (Phi) is 4.55. The number of ether oxygens (including phenoxy) is 2. The molecule has 0 aliphatic heterocycles. The third-order valence-electron chi connectivity index (χ3n) is 3.54. The Balaban J connectivity index is 1.87. The minimum atomic E-state index is -0.456. The van der Waals surface area contributed by atoms with E-state index in [4.69, 9.17) is 19.6 Å². The summed E-state index contributed by atoms with van der Waals surface area (Å²) in [6, 6.07) is 8.63. The fourth-order valence-electron chi connectivity index (χ4n) is 2.26. The number of amides is 1. The molecule has 0 saturated carbocycles. The molecule has 9 nitrogen and oxygen atoms in total. The average Bonchev–Trinajstić information content (AvgIpc) is 3.28. The minimum Gasteiger partial charge on any atom is -0.497 e. The molecule has 0 fully saturated rings. The molecule has 0 aliphatic rings. The summed E-state index contributed by atoms with van der Waals surface area (Å²) in [4.78, 5) is 12.3. The molecule has 0 saturated heterocycles. The van der Waals surface area contributed by atoms with Crippen molar-refractivity contribution in [3.63, 3.8) is 0 Å². The zero-order valence-corrected chi connectivity index (χ0v) is 13.7. The van der Waals surface area contributed by atoms with Crippen LogP contribution in [0.3, 0.4) is 0 Å². The van der Waals surface area contributed by atoms with Gasteiger partial charge in [-0.25, -0.2) is 0 Å². The second kappa shape index (κ2) is 6.95. The number of aromatic nitrogens is 3. The van der Waals surface area contributed by atoms with Crippen LogP contribution in [0.25, 0.3) is 5.69 Å². The van der Waals surface area contributed by atoms with E-state index in [1.807, 2.05) is 0 Å². The van der Waals surface area contributed by atoms with Gasteiger partial charge in [0, 0.05) is 6.07 Å². The highest BCUT2D eigenvalue weighted by molar-refractivity contribution is 5.96. The second-order valence-corrected chi connectivity index (χ2v) is 5.03. The quantitative estimate of drug-likeness (QED) is 0.694. The molecule has 1 amide bonds. The largest absolute Gasteiger partial charge is 0.497 e. The van der Waals surface area contributed by atoms with Crippen LogP contribution in [-0.2, 0) is 6.54 Å². The Morgan fingerprint density at radius 3 is 2.84 bits per heavy atom. The molecule has 25 heavy (non-hydrogen) atoms. The van der Waals surface area contributed by atoms with Crippen LogP contribution in [0.4, 0.5) is 5.82 Å². The number of hydrogen-bond acceptors (Lipinski definition) is 7. The van der Waals surface area contributed by atoms with Gasteiger partial charge in [-0.3, -0.25) is 4.79 Å². The number of nitrogen functional groups attached to an aromatic ring is 1.